The number of hydrogen-bond acceptors (Lipinski definition) is 3. The number of thioether (sulfide) groups is 1. The lowest BCUT2D eigenvalue weighted by Gasteiger charge is -2.03. The van der Waals surface area contributed by atoms with Crippen molar-refractivity contribution >= 4 is 23.4 Å². The first kappa shape index (κ1) is 10.2. The number of rotatable bonds is 1. The Bertz CT molecular complexity index is 521. The van der Waals surface area contributed by atoms with Gasteiger partial charge >= 0.3 is 0 Å². The van der Waals surface area contributed by atoms with Crippen molar-refractivity contribution in [3.63, 3.8) is 0 Å². The molecule has 16 heavy (non-hydrogen) atoms. The Morgan fingerprint density at radius 2 is 2.06 bits per heavy atom. The van der Waals surface area contributed by atoms with Crippen LogP contribution in [0.25, 0.3) is 11.4 Å². The molecule has 0 bridgehead atoms. The minimum atomic E-state index is 0.580. The summed E-state index contributed by atoms with van der Waals surface area (Å²) in [6, 6.07) is 7.72. The van der Waals surface area contributed by atoms with E-state index in [1.165, 1.54) is 0 Å². The molecule has 82 valence electrons. The van der Waals surface area contributed by atoms with E-state index < -0.39 is 0 Å². The third-order valence-electron chi connectivity index (χ3n) is 2.57. The molecule has 0 aliphatic carbocycles. The highest BCUT2D eigenvalue weighted by molar-refractivity contribution is 7.99. The maximum atomic E-state index is 5.87. The minimum Gasteiger partial charge on any atom is -0.301 e. The van der Waals surface area contributed by atoms with E-state index in [1.807, 2.05) is 24.3 Å². The highest BCUT2D eigenvalue weighted by atomic mass is 35.5. The Hall–Kier alpha value is -1.000. The van der Waals surface area contributed by atoms with Crippen molar-refractivity contribution in [2.45, 2.75) is 23.9 Å². The van der Waals surface area contributed by atoms with Crippen LogP contribution in [0.2, 0.25) is 5.02 Å². The second-order valence-corrected chi connectivity index (χ2v) is 5.69. The van der Waals surface area contributed by atoms with Crippen LogP contribution in [0.4, 0.5) is 0 Å². The number of hydrogen-bond donors (Lipinski definition) is 0. The van der Waals surface area contributed by atoms with Gasteiger partial charge in [0.2, 0.25) is 0 Å². The van der Waals surface area contributed by atoms with Gasteiger partial charge in [0.1, 0.15) is 0 Å². The van der Waals surface area contributed by atoms with Gasteiger partial charge in [0, 0.05) is 22.4 Å². The Morgan fingerprint density at radius 1 is 1.31 bits per heavy atom. The molecule has 1 aromatic carbocycles. The highest BCUT2D eigenvalue weighted by Crippen LogP contribution is 2.34. The van der Waals surface area contributed by atoms with Crippen molar-refractivity contribution in [1.82, 2.24) is 14.8 Å². The summed E-state index contributed by atoms with van der Waals surface area (Å²) in [5.41, 5.74) is 1.07. The van der Waals surface area contributed by atoms with Gasteiger partial charge in [-0.1, -0.05) is 30.3 Å². The zero-order valence-corrected chi connectivity index (χ0v) is 10.3. The molecule has 0 saturated carbocycles. The van der Waals surface area contributed by atoms with E-state index >= 15 is 0 Å². The molecule has 1 atom stereocenters. The van der Waals surface area contributed by atoms with Gasteiger partial charge in [-0.05, 0) is 24.3 Å². The molecule has 2 heterocycles. The van der Waals surface area contributed by atoms with E-state index in [2.05, 4.69) is 21.7 Å². The zero-order chi connectivity index (χ0) is 11.1. The lowest BCUT2D eigenvalue weighted by atomic mass is 10.2. The molecule has 0 unspecified atom stereocenters. The third-order valence-corrected chi connectivity index (χ3v) is 3.88. The van der Waals surface area contributed by atoms with Gasteiger partial charge in [-0.3, -0.25) is 0 Å². The van der Waals surface area contributed by atoms with Gasteiger partial charge in [-0.15, -0.1) is 10.2 Å². The predicted octanol–water partition coefficient (Wildman–Crippen LogP) is 3.09. The van der Waals surface area contributed by atoms with Crippen LogP contribution in [0, 0.1) is 0 Å². The number of aromatic nitrogens is 3. The molecular weight excluding hydrogens is 242 g/mol. The summed E-state index contributed by atoms with van der Waals surface area (Å²) in [6.07, 6.45) is 0. The van der Waals surface area contributed by atoms with Crippen molar-refractivity contribution in [1.29, 1.82) is 0 Å². The SMILES string of the molecule is C[C@@H]1Cn2c(nnc2-c2ccc(Cl)cc2)S1. The minimum absolute atomic E-state index is 0.580. The summed E-state index contributed by atoms with van der Waals surface area (Å²) < 4.78 is 2.17. The number of benzene rings is 1. The monoisotopic (exact) mass is 251 g/mol. The van der Waals surface area contributed by atoms with E-state index in [-0.39, 0.29) is 0 Å². The van der Waals surface area contributed by atoms with Crippen LogP contribution in [0.5, 0.6) is 0 Å². The van der Waals surface area contributed by atoms with E-state index in [4.69, 9.17) is 11.6 Å². The molecule has 1 aliphatic rings. The molecule has 0 spiro atoms. The molecule has 5 heteroatoms. The predicted molar refractivity (Wildman–Crippen MR) is 65.8 cm³/mol. The lowest BCUT2D eigenvalue weighted by molar-refractivity contribution is 0.675. The van der Waals surface area contributed by atoms with Crippen LogP contribution in [-0.4, -0.2) is 20.0 Å². The molecule has 3 nitrogen and oxygen atoms in total. The summed E-state index contributed by atoms with van der Waals surface area (Å²) >= 11 is 7.64. The Morgan fingerprint density at radius 3 is 2.81 bits per heavy atom. The summed E-state index contributed by atoms with van der Waals surface area (Å²) in [7, 11) is 0. The third kappa shape index (κ3) is 1.62. The van der Waals surface area contributed by atoms with Crippen molar-refractivity contribution in [3.8, 4) is 11.4 Å². The second kappa shape index (κ2) is 3.79. The second-order valence-electron chi connectivity index (χ2n) is 3.85. The van der Waals surface area contributed by atoms with Gasteiger partial charge in [0.05, 0.1) is 0 Å². The van der Waals surface area contributed by atoms with E-state index in [1.54, 1.807) is 11.8 Å². The number of nitrogens with zero attached hydrogens (tertiary/aromatic N) is 3. The smallest absolute Gasteiger partial charge is 0.191 e. The molecule has 0 saturated heterocycles. The average molecular weight is 252 g/mol. The number of halogens is 1. The van der Waals surface area contributed by atoms with Crippen molar-refractivity contribution < 1.29 is 0 Å². The molecular formula is C11H10ClN3S. The quantitative estimate of drug-likeness (QED) is 0.780. The van der Waals surface area contributed by atoms with Crippen LogP contribution in [-0.2, 0) is 6.54 Å². The first-order valence-electron chi connectivity index (χ1n) is 5.10. The standard InChI is InChI=1S/C11H10ClN3S/c1-7-6-15-10(13-14-11(15)16-7)8-2-4-9(12)5-3-8/h2-5,7H,6H2,1H3/t7-/m1/s1. The lowest BCUT2D eigenvalue weighted by Crippen LogP contribution is -2.02. The van der Waals surface area contributed by atoms with Crippen molar-refractivity contribution in [2.75, 3.05) is 0 Å². The maximum absolute atomic E-state index is 5.87. The van der Waals surface area contributed by atoms with Gasteiger partial charge in [0.25, 0.3) is 0 Å². The molecule has 0 amide bonds. The van der Waals surface area contributed by atoms with Gasteiger partial charge < -0.3 is 4.57 Å². The van der Waals surface area contributed by atoms with Crippen molar-refractivity contribution in [3.05, 3.63) is 29.3 Å². The summed E-state index contributed by atoms with van der Waals surface area (Å²) in [5.74, 6) is 0.934. The molecule has 2 aromatic rings. The fourth-order valence-electron chi connectivity index (χ4n) is 1.83. The summed E-state index contributed by atoms with van der Waals surface area (Å²) in [6.45, 7) is 3.18. The largest absolute Gasteiger partial charge is 0.301 e. The van der Waals surface area contributed by atoms with E-state index in [0.29, 0.717) is 5.25 Å². The van der Waals surface area contributed by atoms with Crippen molar-refractivity contribution in [2.24, 2.45) is 0 Å². The van der Waals surface area contributed by atoms with Gasteiger partial charge in [-0.25, -0.2) is 0 Å². The molecule has 1 aromatic heterocycles. The maximum Gasteiger partial charge on any atom is 0.191 e. The number of fused-ring (bicyclic) bond motifs is 1. The van der Waals surface area contributed by atoms with Crippen LogP contribution >= 0.6 is 23.4 Å². The Kier molecular flexibility index (Phi) is 2.41. The van der Waals surface area contributed by atoms with E-state index in [9.17, 15) is 0 Å². The summed E-state index contributed by atoms with van der Waals surface area (Å²) in [4.78, 5) is 0. The zero-order valence-electron chi connectivity index (χ0n) is 8.72. The Balaban J connectivity index is 2.05. The fraction of sp³-hybridized carbons (Fsp3) is 0.273. The first-order chi connectivity index (χ1) is 7.74. The van der Waals surface area contributed by atoms with Gasteiger partial charge in [0.15, 0.2) is 11.0 Å². The molecule has 0 N–H and O–H groups in total. The molecule has 3 rings (SSSR count). The molecule has 0 fully saturated rings. The van der Waals surface area contributed by atoms with Crippen LogP contribution in [0.3, 0.4) is 0 Å². The topological polar surface area (TPSA) is 30.7 Å². The highest BCUT2D eigenvalue weighted by Gasteiger charge is 2.24. The molecule has 1 aliphatic heterocycles. The first-order valence-corrected chi connectivity index (χ1v) is 6.35. The average Bonchev–Trinajstić information content (AvgIpc) is 2.78. The summed E-state index contributed by atoms with van der Waals surface area (Å²) in [5, 5.41) is 10.7. The fourth-order valence-corrected chi connectivity index (χ4v) is 2.91. The molecule has 0 radical (unpaired) electrons. The van der Waals surface area contributed by atoms with E-state index in [0.717, 1.165) is 28.1 Å². The van der Waals surface area contributed by atoms with Crippen LogP contribution in [0.15, 0.2) is 29.4 Å². The normalized spacial score (nSPS) is 18.8. The van der Waals surface area contributed by atoms with Crippen LogP contribution in [0.1, 0.15) is 6.92 Å². The van der Waals surface area contributed by atoms with Gasteiger partial charge in [-0.2, -0.15) is 0 Å². The van der Waals surface area contributed by atoms with Crippen LogP contribution < -0.4 is 0 Å². The Labute approximate surface area is 103 Å².